The van der Waals surface area contributed by atoms with Crippen molar-refractivity contribution in [1.29, 1.82) is 0 Å². The first-order valence-corrected chi connectivity index (χ1v) is 9.20. The molecule has 2 atom stereocenters. The lowest BCUT2D eigenvalue weighted by atomic mass is 10.1. The highest BCUT2D eigenvalue weighted by Gasteiger charge is 2.29. The molecule has 144 valence electrons. The fourth-order valence-corrected chi connectivity index (χ4v) is 3.11. The molecule has 1 aromatic heterocycles. The number of carbonyl (C=O) groups is 1. The van der Waals surface area contributed by atoms with Crippen LogP contribution in [0, 0.1) is 0 Å². The van der Waals surface area contributed by atoms with Gasteiger partial charge in [-0.1, -0.05) is 18.2 Å². The summed E-state index contributed by atoms with van der Waals surface area (Å²) in [5.41, 5.74) is 0. The van der Waals surface area contributed by atoms with Gasteiger partial charge >= 0.3 is 0 Å². The predicted octanol–water partition coefficient (Wildman–Crippen LogP) is 2.38. The number of aromatic nitrogens is 2. The number of nitrogens with zero attached hydrogens (tertiary/aromatic N) is 4. The van der Waals surface area contributed by atoms with Crippen LogP contribution in [0.3, 0.4) is 0 Å². The minimum Gasteiger partial charge on any atom is -0.481 e. The van der Waals surface area contributed by atoms with Gasteiger partial charge in [-0.2, -0.15) is 0 Å². The second kappa shape index (κ2) is 8.70. The number of likely N-dealkylation sites (tertiary alicyclic amines) is 1. The number of rotatable bonds is 6. The number of anilines is 1. The van der Waals surface area contributed by atoms with Gasteiger partial charge in [-0.05, 0) is 31.9 Å². The van der Waals surface area contributed by atoms with E-state index in [4.69, 9.17) is 9.47 Å². The quantitative estimate of drug-likeness (QED) is 0.778. The first kappa shape index (κ1) is 18.9. The van der Waals surface area contributed by atoms with Gasteiger partial charge in [0, 0.05) is 33.0 Å². The monoisotopic (exact) mass is 370 g/mol. The molecule has 27 heavy (non-hydrogen) atoms. The van der Waals surface area contributed by atoms with Gasteiger partial charge in [0.05, 0.1) is 6.54 Å². The fourth-order valence-electron chi connectivity index (χ4n) is 3.11. The lowest BCUT2D eigenvalue weighted by Gasteiger charge is -2.34. The van der Waals surface area contributed by atoms with Crippen molar-refractivity contribution in [3.05, 3.63) is 42.7 Å². The highest BCUT2D eigenvalue weighted by molar-refractivity contribution is 5.81. The largest absolute Gasteiger partial charge is 0.481 e. The lowest BCUT2D eigenvalue weighted by molar-refractivity contribution is -0.140. The zero-order chi connectivity index (χ0) is 19.2. The van der Waals surface area contributed by atoms with Gasteiger partial charge < -0.3 is 19.3 Å². The Balaban J connectivity index is 1.61. The third-order valence-electron chi connectivity index (χ3n) is 4.44. The molecule has 1 saturated heterocycles. The Hall–Kier alpha value is -2.83. The molecule has 7 nitrogen and oxygen atoms in total. The zero-order valence-electron chi connectivity index (χ0n) is 16.0. The average molecular weight is 370 g/mol. The van der Waals surface area contributed by atoms with Crippen molar-refractivity contribution < 1.29 is 14.3 Å². The molecular formula is C20H26N4O3. The summed E-state index contributed by atoms with van der Waals surface area (Å²) in [6, 6.07) is 9.40. The molecule has 2 heterocycles. The van der Waals surface area contributed by atoms with Crippen LogP contribution in [0.4, 0.5) is 5.82 Å². The minimum absolute atomic E-state index is 0.0286. The van der Waals surface area contributed by atoms with Crippen LogP contribution in [0.25, 0.3) is 0 Å². The molecule has 0 aliphatic carbocycles. The molecule has 1 fully saturated rings. The third kappa shape index (κ3) is 4.87. The topological polar surface area (TPSA) is 67.8 Å². The van der Waals surface area contributed by atoms with Gasteiger partial charge in [-0.3, -0.25) is 4.79 Å². The maximum Gasteiger partial charge on any atom is 0.263 e. The standard InChI is InChI=1S/C20H26N4O3/c1-15(26-16-8-5-4-6-9-16)20(25)24-13-7-10-17(14-24)27-19-18(23(2)3)21-11-12-22-19/h4-6,8-9,11-12,15,17H,7,10,13-14H2,1-3H3. The first-order valence-electron chi connectivity index (χ1n) is 9.20. The van der Waals surface area contributed by atoms with Crippen LogP contribution in [-0.2, 0) is 4.79 Å². The molecule has 0 N–H and O–H groups in total. The number of piperidine rings is 1. The van der Waals surface area contributed by atoms with Crippen molar-refractivity contribution >= 4 is 11.7 Å². The highest BCUT2D eigenvalue weighted by Crippen LogP contribution is 2.24. The smallest absolute Gasteiger partial charge is 0.263 e. The van der Waals surface area contributed by atoms with Crippen molar-refractivity contribution in [3.8, 4) is 11.6 Å². The van der Waals surface area contributed by atoms with Crippen molar-refractivity contribution in [3.63, 3.8) is 0 Å². The van der Waals surface area contributed by atoms with Crippen molar-refractivity contribution in [2.24, 2.45) is 0 Å². The first-order chi connectivity index (χ1) is 13.0. The van der Waals surface area contributed by atoms with E-state index >= 15 is 0 Å². The van der Waals surface area contributed by atoms with Gasteiger partial charge in [0.1, 0.15) is 11.9 Å². The van der Waals surface area contributed by atoms with Crippen LogP contribution in [-0.4, -0.2) is 60.2 Å². The number of hydrogen-bond donors (Lipinski definition) is 0. The van der Waals surface area contributed by atoms with Crippen LogP contribution < -0.4 is 14.4 Å². The van der Waals surface area contributed by atoms with E-state index in [0.29, 0.717) is 30.5 Å². The molecule has 0 spiro atoms. The van der Waals surface area contributed by atoms with Gasteiger partial charge in [0.2, 0.25) is 0 Å². The van der Waals surface area contributed by atoms with E-state index in [2.05, 4.69) is 9.97 Å². The summed E-state index contributed by atoms with van der Waals surface area (Å²) in [7, 11) is 3.80. The number of benzene rings is 1. The number of carbonyl (C=O) groups excluding carboxylic acids is 1. The number of hydrogen-bond acceptors (Lipinski definition) is 6. The van der Waals surface area contributed by atoms with Crippen molar-refractivity contribution in [2.75, 3.05) is 32.1 Å². The van der Waals surface area contributed by atoms with E-state index in [-0.39, 0.29) is 12.0 Å². The van der Waals surface area contributed by atoms with Crippen LogP contribution in [0.5, 0.6) is 11.6 Å². The van der Waals surface area contributed by atoms with E-state index < -0.39 is 6.10 Å². The number of amides is 1. The number of para-hydroxylation sites is 1. The van der Waals surface area contributed by atoms with E-state index in [9.17, 15) is 4.79 Å². The maximum absolute atomic E-state index is 12.8. The summed E-state index contributed by atoms with van der Waals surface area (Å²) in [6.07, 6.45) is 4.36. The second-order valence-corrected chi connectivity index (χ2v) is 6.82. The Morgan fingerprint density at radius 2 is 1.96 bits per heavy atom. The highest BCUT2D eigenvalue weighted by atomic mass is 16.5. The van der Waals surface area contributed by atoms with E-state index in [1.54, 1.807) is 19.3 Å². The second-order valence-electron chi connectivity index (χ2n) is 6.82. The summed E-state index contributed by atoms with van der Waals surface area (Å²) >= 11 is 0. The van der Waals surface area contributed by atoms with Gasteiger partial charge in [0.15, 0.2) is 11.9 Å². The Labute approximate surface area is 159 Å². The Morgan fingerprint density at radius 1 is 1.22 bits per heavy atom. The average Bonchev–Trinajstić information content (AvgIpc) is 2.68. The van der Waals surface area contributed by atoms with E-state index in [1.807, 2.05) is 54.2 Å². The van der Waals surface area contributed by atoms with Gasteiger partial charge in [-0.25, -0.2) is 9.97 Å². The van der Waals surface area contributed by atoms with Crippen LogP contribution >= 0.6 is 0 Å². The molecule has 0 radical (unpaired) electrons. The summed E-state index contributed by atoms with van der Waals surface area (Å²) in [6.45, 7) is 3.01. The van der Waals surface area contributed by atoms with Crippen molar-refractivity contribution in [2.45, 2.75) is 32.0 Å². The Bertz CT molecular complexity index is 754. The summed E-state index contributed by atoms with van der Waals surface area (Å²) in [4.78, 5) is 25.1. The molecule has 1 amide bonds. The van der Waals surface area contributed by atoms with Crippen LogP contribution in [0.1, 0.15) is 19.8 Å². The molecule has 3 rings (SSSR count). The molecule has 1 aliphatic rings. The molecule has 7 heteroatoms. The summed E-state index contributed by atoms with van der Waals surface area (Å²) in [5, 5.41) is 0. The van der Waals surface area contributed by atoms with E-state index in [0.717, 1.165) is 12.8 Å². The van der Waals surface area contributed by atoms with E-state index in [1.165, 1.54) is 0 Å². The Kier molecular flexibility index (Phi) is 6.11. The van der Waals surface area contributed by atoms with Gasteiger partial charge in [0.25, 0.3) is 11.8 Å². The Morgan fingerprint density at radius 3 is 2.70 bits per heavy atom. The fraction of sp³-hybridized carbons (Fsp3) is 0.450. The van der Waals surface area contributed by atoms with Crippen molar-refractivity contribution in [1.82, 2.24) is 14.9 Å². The molecule has 0 saturated carbocycles. The molecular weight excluding hydrogens is 344 g/mol. The normalized spacial score (nSPS) is 17.9. The lowest BCUT2D eigenvalue weighted by Crippen LogP contribution is -2.48. The summed E-state index contributed by atoms with van der Waals surface area (Å²) in [5.74, 6) is 1.84. The zero-order valence-corrected chi connectivity index (χ0v) is 16.0. The SMILES string of the molecule is CC(Oc1ccccc1)C(=O)N1CCCC(Oc2nccnc2N(C)C)C1. The minimum atomic E-state index is -0.542. The predicted molar refractivity (Wildman–Crippen MR) is 103 cm³/mol. The number of ether oxygens (including phenoxy) is 2. The molecule has 2 aromatic rings. The third-order valence-corrected chi connectivity index (χ3v) is 4.44. The molecule has 2 unspecified atom stereocenters. The van der Waals surface area contributed by atoms with Crippen LogP contribution in [0.15, 0.2) is 42.7 Å². The molecule has 0 bridgehead atoms. The maximum atomic E-state index is 12.8. The van der Waals surface area contributed by atoms with Gasteiger partial charge in [-0.15, -0.1) is 0 Å². The van der Waals surface area contributed by atoms with Crippen LogP contribution in [0.2, 0.25) is 0 Å². The molecule has 1 aliphatic heterocycles. The molecule has 1 aromatic carbocycles. The summed E-state index contributed by atoms with van der Waals surface area (Å²) < 4.78 is 11.8.